The molecular formula is C10H20N2O3. The van der Waals surface area contributed by atoms with Crippen molar-refractivity contribution in [3.05, 3.63) is 0 Å². The Labute approximate surface area is 90.5 Å². The zero-order valence-electron chi connectivity index (χ0n) is 9.66. The highest BCUT2D eigenvalue weighted by Gasteiger charge is 2.31. The molecule has 0 aromatic carbocycles. The fourth-order valence-corrected chi connectivity index (χ4v) is 1.68. The zero-order valence-corrected chi connectivity index (χ0v) is 9.66. The Kier molecular flexibility index (Phi) is 3.93. The van der Waals surface area contributed by atoms with Crippen LogP contribution < -0.4 is 5.90 Å². The molecule has 0 saturated carbocycles. The molecule has 2 N–H and O–H groups in total. The van der Waals surface area contributed by atoms with Gasteiger partial charge in [0.2, 0.25) is 0 Å². The molecule has 1 atom stereocenters. The van der Waals surface area contributed by atoms with Crippen molar-refractivity contribution < 1.29 is 14.4 Å². The van der Waals surface area contributed by atoms with Crippen molar-refractivity contribution in [3.63, 3.8) is 0 Å². The molecule has 0 aliphatic carbocycles. The predicted octanol–water partition coefficient (Wildman–Crippen LogP) is 1.28. The van der Waals surface area contributed by atoms with Gasteiger partial charge in [-0.3, -0.25) is 0 Å². The third-order valence-corrected chi connectivity index (χ3v) is 2.29. The van der Waals surface area contributed by atoms with Gasteiger partial charge < -0.3 is 14.5 Å². The second-order valence-electron chi connectivity index (χ2n) is 4.80. The second-order valence-corrected chi connectivity index (χ2v) is 4.80. The molecule has 88 valence electrons. The van der Waals surface area contributed by atoms with Gasteiger partial charge in [-0.1, -0.05) is 0 Å². The van der Waals surface area contributed by atoms with E-state index in [4.69, 9.17) is 10.6 Å². The van der Waals surface area contributed by atoms with Gasteiger partial charge in [-0.2, -0.15) is 0 Å². The van der Waals surface area contributed by atoms with Gasteiger partial charge in [0.25, 0.3) is 0 Å². The minimum Gasteiger partial charge on any atom is -0.444 e. The Balaban J connectivity index is 2.51. The summed E-state index contributed by atoms with van der Waals surface area (Å²) in [6, 6.07) is 0.0600. The molecule has 1 heterocycles. The Bertz CT molecular complexity index is 225. The van der Waals surface area contributed by atoms with Gasteiger partial charge in [-0.15, -0.1) is 0 Å². The molecule has 5 heteroatoms. The van der Waals surface area contributed by atoms with Crippen LogP contribution in [0, 0.1) is 0 Å². The maximum absolute atomic E-state index is 11.8. The molecule has 1 amide bonds. The van der Waals surface area contributed by atoms with Crippen molar-refractivity contribution in [2.75, 3.05) is 13.2 Å². The van der Waals surface area contributed by atoms with Gasteiger partial charge in [-0.05, 0) is 33.6 Å². The highest BCUT2D eigenvalue weighted by atomic mass is 16.6. The van der Waals surface area contributed by atoms with E-state index in [9.17, 15) is 4.79 Å². The van der Waals surface area contributed by atoms with E-state index in [0.29, 0.717) is 6.61 Å². The first-order chi connectivity index (χ1) is 6.94. The lowest BCUT2D eigenvalue weighted by Crippen LogP contribution is -2.42. The molecule has 5 nitrogen and oxygen atoms in total. The standard InChI is InChI=1S/C10H20N2O3/c1-10(2,3)15-9(13)12-6-4-5-8(12)7-14-11/h8H,4-7,11H2,1-3H3/t8-/m1/s1. The molecule has 0 spiro atoms. The van der Waals surface area contributed by atoms with Gasteiger partial charge in [0.15, 0.2) is 0 Å². The first-order valence-corrected chi connectivity index (χ1v) is 5.25. The minimum absolute atomic E-state index is 0.0600. The van der Waals surface area contributed by atoms with Crippen LogP contribution in [0.5, 0.6) is 0 Å². The Morgan fingerprint density at radius 2 is 2.20 bits per heavy atom. The molecule has 1 aliphatic rings. The Morgan fingerprint density at radius 1 is 1.53 bits per heavy atom. The number of nitrogens with zero attached hydrogens (tertiary/aromatic N) is 1. The van der Waals surface area contributed by atoms with Crippen LogP contribution in [0.25, 0.3) is 0 Å². The molecule has 0 bridgehead atoms. The Morgan fingerprint density at radius 3 is 2.73 bits per heavy atom. The molecule has 0 aromatic rings. The quantitative estimate of drug-likeness (QED) is 0.706. The number of hydrogen-bond acceptors (Lipinski definition) is 4. The summed E-state index contributed by atoms with van der Waals surface area (Å²) in [6.45, 7) is 6.67. The van der Waals surface area contributed by atoms with E-state index in [1.54, 1.807) is 4.90 Å². The summed E-state index contributed by atoms with van der Waals surface area (Å²) in [5.41, 5.74) is -0.451. The number of hydrogen-bond donors (Lipinski definition) is 1. The highest BCUT2D eigenvalue weighted by molar-refractivity contribution is 5.68. The van der Waals surface area contributed by atoms with Crippen LogP contribution in [0.3, 0.4) is 0 Å². The van der Waals surface area contributed by atoms with Gasteiger partial charge in [-0.25, -0.2) is 10.7 Å². The number of nitrogens with two attached hydrogens (primary N) is 1. The third-order valence-electron chi connectivity index (χ3n) is 2.29. The van der Waals surface area contributed by atoms with Crippen LogP contribution in [0.15, 0.2) is 0 Å². The number of carbonyl (C=O) groups excluding carboxylic acids is 1. The fourth-order valence-electron chi connectivity index (χ4n) is 1.68. The monoisotopic (exact) mass is 216 g/mol. The first kappa shape index (κ1) is 12.3. The summed E-state index contributed by atoms with van der Waals surface area (Å²) in [5.74, 6) is 5.02. The largest absolute Gasteiger partial charge is 0.444 e. The molecule has 1 fully saturated rings. The molecule has 0 unspecified atom stereocenters. The maximum atomic E-state index is 11.8. The van der Waals surface area contributed by atoms with Gasteiger partial charge >= 0.3 is 6.09 Å². The van der Waals surface area contributed by atoms with E-state index in [-0.39, 0.29) is 12.1 Å². The smallest absolute Gasteiger partial charge is 0.410 e. The van der Waals surface area contributed by atoms with Gasteiger partial charge in [0, 0.05) is 6.54 Å². The number of amides is 1. The van der Waals surface area contributed by atoms with Crippen molar-refractivity contribution in [1.29, 1.82) is 0 Å². The molecule has 1 rings (SSSR count). The van der Waals surface area contributed by atoms with E-state index in [2.05, 4.69) is 4.84 Å². The Hall–Kier alpha value is -0.810. The first-order valence-electron chi connectivity index (χ1n) is 5.25. The summed E-state index contributed by atoms with van der Waals surface area (Å²) in [6.07, 6.45) is 1.63. The summed E-state index contributed by atoms with van der Waals surface area (Å²) in [7, 11) is 0. The topological polar surface area (TPSA) is 64.8 Å². The average molecular weight is 216 g/mol. The van der Waals surface area contributed by atoms with Crippen LogP contribution in [-0.4, -0.2) is 35.8 Å². The van der Waals surface area contributed by atoms with Crippen molar-refractivity contribution in [2.45, 2.75) is 45.3 Å². The zero-order chi connectivity index (χ0) is 11.5. The van der Waals surface area contributed by atoms with Crippen LogP contribution in [0.4, 0.5) is 4.79 Å². The van der Waals surface area contributed by atoms with Crippen molar-refractivity contribution >= 4 is 6.09 Å². The van der Waals surface area contributed by atoms with Gasteiger partial charge in [0.1, 0.15) is 5.60 Å². The molecular weight excluding hydrogens is 196 g/mol. The fraction of sp³-hybridized carbons (Fsp3) is 0.900. The lowest BCUT2D eigenvalue weighted by atomic mass is 10.2. The highest BCUT2D eigenvalue weighted by Crippen LogP contribution is 2.20. The van der Waals surface area contributed by atoms with E-state index in [0.717, 1.165) is 19.4 Å². The molecule has 1 saturated heterocycles. The number of rotatable bonds is 2. The lowest BCUT2D eigenvalue weighted by Gasteiger charge is -2.28. The number of carbonyl (C=O) groups is 1. The van der Waals surface area contributed by atoms with E-state index < -0.39 is 5.60 Å². The summed E-state index contributed by atoms with van der Waals surface area (Å²) >= 11 is 0. The van der Waals surface area contributed by atoms with Crippen LogP contribution >= 0.6 is 0 Å². The third kappa shape index (κ3) is 3.68. The van der Waals surface area contributed by atoms with Crippen molar-refractivity contribution in [3.8, 4) is 0 Å². The SMILES string of the molecule is CC(C)(C)OC(=O)N1CCC[C@@H]1CON. The van der Waals surface area contributed by atoms with E-state index in [1.807, 2.05) is 20.8 Å². The minimum atomic E-state index is -0.451. The summed E-state index contributed by atoms with van der Waals surface area (Å²) in [5, 5.41) is 0. The van der Waals surface area contributed by atoms with Crippen LogP contribution in [0.2, 0.25) is 0 Å². The van der Waals surface area contributed by atoms with Crippen molar-refractivity contribution in [1.82, 2.24) is 4.90 Å². The van der Waals surface area contributed by atoms with E-state index >= 15 is 0 Å². The molecule has 0 aromatic heterocycles. The van der Waals surface area contributed by atoms with Crippen LogP contribution in [-0.2, 0) is 9.57 Å². The number of likely N-dealkylation sites (tertiary alicyclic amines) is 1. The second kappa shape index (κ2) is 4.81. The maximum Gasteiger partial charge on any atom is 0.410 e. The van der Waals surface area contributed by atoms with Crippen molar-refractivity contribution in [2.24, 2.45) is 5.90 Å². The number of ether oxygens (including phenoxy) is 1. The lowest BCUT2D eigenvalue weighted by molar-refractivity contribution is 0.0106. The van der Waals surface area contributed by atoms with Crippen LogP contribution in [0.1, 0.15) is 33.6 Å². The molecule has 0 radical (unpaired) electrons. The normalized spacial score (nSPS) is 21.9. The van der Waals surface area contributed by atoms with E-state index in [1.165, 1.54) is 0 Å². The summed E-state index contributed by atoms with van der Waals surface area (Å²) in [4.78, 5) is 18.0. The summed E-state index contributed by atoms with van der Waals surface area (Å²) < 4.78 is 5.29. The predicted molar refractivity (Wildman–Crippen MR) is 56.1 cm³/mol. The molecule has 15 heavy (non-hydrogen) atoms. The molecule has 1 aliphatic heterocycles. The average Bonchev–Trinajstić information content (AvgIpc) is 2.49. The van der Waals surface area contributed by atoms with Gasteiger partial charge in [0.05, 0.1) is 12.6 Å².